The third kappa shape index (κ3) is 2.84. The molecule has 0 N–H and O–H groups in total. The van der Waals surface area contributed by atoms with E-state index in [-0.39, 0.29) is 5.91 Å². The van der Waals surface area contributed by atoms with Crippen molar-refractivity contribution in [3.63, 3.8) is 0 Å². The minimum Gasteiger partial charge on any atom is -0.345 e. The van der Waals surface area contributed by atoms with E-state index in [9.17, 15) is 4.79 Å². The van der Waals surface area contributed by atoms with E-state index in [0.29, 0.717) is 0 Å². The summed E-state index contributed by atoms with van der Waals surface area (Å²) in [7, 11) is 3.56. The number of allylic oxidation sites excluding steroid dienone is 1. The van der Waals surface area contributed by atoms with Gasteiger partial charge < -0.3 is 4.90 Å². The van der Waals surface area contributed by atoms with Crippen LogP contribution in [0, 0.1) is 0 Å². The lowest BCUT2D eigenvalue weighted by atomic mass is 9.98. The van der Waals surface area contributed by atoms with E-state index in [1.165, 1.54) is 5.57 Å². The Morgan fingerprint density at radius 2 is 1.63 bits per heavy atom. The first-order valence-electron chi connectivity index (χ1n) is 6.38. The third-order valence-corrected chi connectivity index (χ3v) is 3.00. The molecule has 0 fully saturated rings. The first-order chi connectivity index (χ1) is 8.99. The van der Waals surface area contributed by atoms with E-state index in [1.54, 1.807) is 19.0 Å². The maximum Gasteiger partial charge on any atom is 0.253 e. The Morgan fingerprint density at radius 3 is 2.16 bits per heavy atom. The Kier molecular flexibility index (Phi) is 3.70. The predicted molar refractivity (Wildman–Crippen MR) is 81.3 cm³/mol. The number of nitrogens with zero attached hydrogens (tertiary/aromatic N) is 1. The Bertz CT molecular complexity index is 649. The highest BCUT2D eigenvalue weighted by Crippen LogP contribution is 2.23. The lowest BCUT2D eigenvalue weighted by Crippen LogP contribution is -2.22. The van der Waals surface area contributed by atoms with Crippen molar-refractivity contribution in [2.24, 2.45) is 0 Å². The van der Waals surface area contributed by atoms with Gasteiger partial charge in [0.15, 0.2) is 0 Å². The highest BCUT2D eigenvalue weighted by Gasteiger charge is 2.13. The molecule has 0 heterocycles. The van der Waals surface area contributed by atoms with Gasteiger partial charge in [-0.05, 0) is 42.3 Å². The van der Waals surface area contributed by atoms with Gasteiger partial charge >= 0.3 is 0 Å². The van der Waals surface area contributed by atoms with Crippen LogP contribution in [0.4, 0.5) is 0 Å². The molecule has 0 radical (unpaired) electrons. The molecule has 0 aromatic heterocycles. The highest BCUT2D eigenvalue weighted by molar-refractivity contribution is 6.02. The molecular weight excluding hydrogens is 234 g/mol. The smallest absolute Gasteiger partial charge is 0.253 e. The fourth-order valence-corrected chi connectivity index (χ4v) is 2.11. The van der Waals surface area contributed by atoms with Crippen LogP contribution in [0.3, 0.4) is 0 Å². The number of fused-ring (bicyclic) bond motifs is 1. The summed E-state index contributed by atoms with van der Waals surface area (Å²) >= 11 is 0. The van der Waals surface area contributed by atoms with Crippen molar-refractivity contribution < 1.29 is 4.79 Å². The van der Waals surface area contributed by atoms with Crippen LogP contribution in [0.25, 0.3) is 16.8 Å². The average Bonchev–Trinajstić information content (AvgIpc) is 2.36. The second-order valence-electron chi connectivity index (χ2n) is 5.21. The summed E-state index contributed by atoms with van der Waals surface area (Å²) < 4.78 is 0. The molecule has 0 unspecified atom stereocenters. The van der Waals surface area contributed by atoms with Crippen LogP contribution in [0.5, 0.6) is 0 Å². The molecule has 2 rings (SSSR count). The van der Waals surface area contributed by atoms with Gasteiger partial charge in [0, 0.05) is 19.7 Å². The van der Waals surface area contributed by atoms with Crippen molar-refractivity contribution in [2.45, 2.75) is 13.8 Å². The molecular formula is C17H19NO. The first-order valence-corrected chi connectivity index (χ1v) is 6.38. The van der Waals surface area contributed by atoms with Crippen molar-refractivity contribution in [1.29, 1.82) is 0 Å². The molecule has 0 saturated carbocycles. The zero-order chi connectivity index (χ0) is 14.0. The van der Waals surface area contributed by atoms with Crippen LogP contribution < -0.4 is 0 Å². The number of benzene rings is 2. The van der Waals surface area contributed by atoms with Crippen LogP contribution in [0.2, 0.25) is 0 Å². The number of carbonyl (C=O) groups excluding carboxylic acids is 1. The van der Waals surface area contributed by atoms with Gasteiger partial charge in [0.25, 0.3) is 5.91 Å². The average molecular weight is 253 g/mol. The molecule has 0 bridgehead atoms. The molecule has 0 atom stereocenters. The topological polar surface area (TPSA) is 20.3 Å². The molecule has 19 heavy (non-hydrogen) atoms. The van der Waals surface area contributed by atoms with Gasteiger partial charge in [0.05, 0.1) is 0 Å². The summed E-state index contributed by atoms with van der Waals surface area (Å²) in [6, 6.07) is 12.2. The van der Waals surface area contributed by atoms with Crippen molar-refractivity contribution in [2.75, 3.05) is 14.1 Å². The second-order valence-corrected chi connectivity index (χ2v) is 5.21. The lowest BCUT2D eigenvalue weighted by molar-refractivity contribution is 0.0827. The van der Waals surface area contributed by atoms with Crippen LogP contribution >= 0.6 is 0 Å². The van der Waals surface area contributed by atoms with Crippen LogP contribution in [-0.4, -0.2) is 24.9 Å². The molecule has 98 valence electrons. The lowest BCUT2D eigenvalue weighted by Gasteiger charge is -2.14. The summed E-state index contributed by atoms with van der Waals surface area (Å²) in [6.45, 7) is 4.08. The summed E-state index contributed by atoms with van der Waals surface area (Å²) in [5.41, 5.74) is 2.92. The number of carbonyl (C=O) groups is 1. The Labute approximate surface area is 114 Å². The summed E-state index contributed by atoms with van der Waals surface area (Å²) in [5, 5.41) is 2.25. The minimum atomic E-state index is 0.0400. The Balaban J connectivity index is 2.71. The zero-order valence-electron chi connectivity index (χ0n) is 11.9. The molecule has 2 heteroatoms. The number of hydrogen-bond donors (Lipinski definition) is 0. The van der Waals surface area contributed by atoms with E-state index in [2.05, 4.69) is 18.2 Å². The van der Waals surface area contributed by atoms with Gasteiger partial charge in [0.2, 0.25) is 0 Å². The SMILES string of the molecule is CC(C)=Cc1cc2ccccc2cc1C(=O)N(C)C. The van der Waals surface area contributed by atoms with Crippen molar-refractivity contribution in [3.8, 4) is 0 Å². The maximum atomic E-state index is 12.3. The van der Waals surface area contributed by atoms with Crippen molar-refractivity contribution in [3.05, 3.63) is 53.1 Å². The standard InChI is InChI=1S/C17H19NO/c1-12(2)9-15-10-13-7-5-6-8-14(13)11-16(15)17(19)18(3)4/h5-11H,1-4H3. The summed E-state index contributed by atoms with van der Waals surface area (Å²) in [5.74, 6) is 0.0400. The quantitative estimate of drug-likeness (QED) is 0.793. The van der Waals surface area contributed by atoms with Crippen LogP contribution in [0.15, 0.2) is 42.0 Å². The Morgan fingerprint density at radius 1 is 1.05 bits per heavy atom. The predicted octanol–water partition coefficient (Wildman–Crippen LogP) is 3.96. The summed E-state index contributed by atoms with van der Waals surface area (Å²) in [6.07, 6.45) is 2.06. The largest absolute Gasteiger partial charge is 0.345 e. The van der Waals surface area contributed by atoms with E-state index in [4.69, 9.17) is 0 Å². The first kappa shape index (κ1) is 13.3. The minimum absolute atomic E-state index is 0.0400. The van der Waals surface area contributed by atoms with Gasteiger partial charge in [-0.3, -0.25) is 4.79 Å². The molecule has 0 aliphatic heterocycles. The number of hydrogen-bond acceptors (Lipinski definition) is 1. The monoisotopic (exact) mass is 253 g/mol. The van der Waals surface area contributed by atoms with Crippen LogP contribution in [-0.2, 0) is 0 Å². The highest BCUT2D eigenvalue weighted by atomic mass is 16.2. The van der Waals surface area contributed by atoms with Gasteiger partial charge in [-0.2, -0.15) is 0 Å². The van der Waals surface area contributed by atoms with Gasteiger partial charge in [-0.15, -0.1) is 0 Å². The maximum absolute atomic E-state index is 12.3. The van der Waals surface area contributed by atoms with Gasteiger partial charge in [-0.25, -0.2) is 0 Å². The number of amides is 1. The van der Waals surface area contributed by atoms with Crippen LogP contribution in [0.1, 0.15) is 29.8 Å². The molecule has 2 aromatic carbocycles. The molecule has 0 aliphatic carbocycles. The van der Waals surface area contributed by atoms with Gasteiger partial charge in [-0.1, -0.05) is 35.9 Å². The fourth-order valence-electron chi connectivity index (χ4n) is 2.11. The third-order valence-electron chi connectivity index (χ3n) is 3.00. The zero-order valence-corrected chi connectivity index (χ0v) is 11.9. The van der Waals surface area contributed by atoms with E-state index < -0.39 is 0 Å². The molecule has 0 spiro atoms. The van der Waals surface area contributed by atoms with E-state index in [1.807, 2.05) is 38.1 Å². The number of rotatable bonds is 2. The van der Waals surface area contributed by atoms with E-state index >= 15 is 0 Å². The van der Waals surface area contributed by atoms with E-state index in [0.717, 1.165) is 21.9 Å². The summed E-state index contributed by atoms with van der Waals surface area (Å²) in [4.78, 5) is 13.9. The molecule has 1 amide bonds. The van der Waals surface area contributed by atoms with Gasteiger partial charge in [0.1, 0.15) is 0 Å². The molecule has 0 aliphatic rings. The fraction of sp³-hybridized carbons (Fsp3) is 0.235. The second kappa shape index (κ2) is 5.27. The molecule has 2 nitrogen and oxygen atoms in total. The van der Waals surface area contributed by atoms with Crippen molar-refractivity contribution >= 4 is 22.8 Å². The molecule has 2 aromatic rings. The molecule has 0 saturated heterocycles. The van der Waals surface area contributed by atoms with Crippen molar-refractivity contribution in [1.82, 2.24) is 4.90 Å². The normalized spacial score (nSPS) is 10.3. The Hall–Kier alpha value is -2.09.